The fourth-order valence-electron chi connectivity index (χ4n) is 2.81. The van der Waals surface area contributed by atoms with Gasteiger partial charge in [-0.15, -0.1) is 0 Å². The van der Waals surface area contributed by atoms with Crippen LogP contribution in [0, 0.1) is 11.8 Å². The third kappa shape index (κ3) is 2.06. The number of hydrogen-bond donors (Lipinski definition) is 1. The van der Waals surface area contributed by atoms with E-state index in [0.29, 0.717) is 12.5 Å². The third-order valence-corrected chi connectivity index (χ3v) is 3.98. The van der Waals surface area contributed by atoms with E-state index in [1.807, 2.05) is 11.8 Å². The normalized spacial score (nSPS) is 29.4. The largest absolute Gasteiger partial charge is 0.324 e. The molecule has 4 heteroatoms. The van der Waals surface area contributed by atoms with E-state index in [0.717, 1.165) is 0 Å². The van der Waals surface area contributed by atoms with Gasteiger partial charge < -0.3 is 4.90 Å². The molecule has 4 nitrogen and oxygen atoms in total. The van der Waals surface area contributed by atoms with Crippen LogP contribution in [0.2, 0.25) is 0 Å². The van der Waals surface area contributed by atoms with E-state index in [4.69, 9.17) is 0 Å². The van der Waals surface area contributed by atoms with Gasteiger partial charge in [-0.2, -0.15) is 0 Å². The lowest BCUT2D eigenvalue weighted by Crippen LogP contribution is -2.57. The van der Waals surface area contributed by atoms with Crippen LogP contribution in [-0.2, 0) is 4.79 Å². The zero-order valence-corrected chi connectivity index (χ0v) is 10.0. The molecular weight excluding hydrogens is 204 g/mol. The molecule has 0 aromatic rings. The number of nitrogens with one attached hydrogen (secondary N) is 1. The van der Waals surface area contributed by atoms with Crippen molar-refractivity contribution in [1.29, 1.82) is 0 Å². The molecule has 1 saturated carbocycles. The number of rotatable bonds is 2. The molecule has 1 aliphatic heterocycles. The Bertz CT molecular complexity index is 297. The third-order valence-electron chi connectivity index (χ3n) is 3.98. The first-order valence-corrected chi connectivity index (χ1v) is 6.21. The molecule has 0 aromatic carbocycles. The smallest absolute Gasteiger partial charge is 0.321 e. The summed E-state index contributed by atoms with van der Waals surface area (Å²) in [6.45, 7) is 4.55. The molecule has 90 valence electrons. The summed E-state index contributed by atoms with van der Waals surface area (Å²) in [5.41, 5.74) is 0. The zero-order valence-electron chi connectivity index (χ0n) is 10.0. The molecule has 2 rings (SSSR count). The molecule has 1 N–H and O–H groups in total. The fraction of sp³-hybridized carbons (Fsp3) is 0.833. The first-order chi connectivity index (χ1) is 7.59. The molecule has 2 atom stereocenters. The van der Waals surface area contributed by atoms with Crippen molar-refractivity contribution in [3.8, 4) is 0 Å². The molecule has 0 bridgehead atoms. The monoisotopic (exact) mass is 224 g/mol. The summed E-state index contributed by atoms with van der Waals surface area (Å²) in [5.74, 6) is 0.396. The molecule has 2 unspecified atom stereocenters. The molecule has 1 heterocycles. The second-order valence-electron chi connectivity index (χ2n) is 5.13. The van der Waals surface area contributed by atoms with Gasteiger partial charge in [0.05, 0.1) is 5.92 Å². The minimum atomic E-state index is -0.206. The van der Waals surface area contributed by atoms with Crippen molar-refractivity contribution in [3.05, 3.63) is 0 Å². The maximum Gasteiger partial charge on any atom is 0.324 e. The van der Waals surface area contributed by atoms with Crippen molar-refractivity contribution in [1.82, 2.24) is 10.2 Å². The molecule has 0 radical (unpaired) electrons. The van der Waals surface area contributed by atoms with Gasteiger partial charge >= 0.3 is 6.03 Å². The quantitative estimate of drug-likeness (QED) is 0.777. The van der Waals surface area contributed by atoms with Gasteiger partial charge in [-0.3, -0.25) is 10.1 Å². The van der Waals surface area contributed by atoms with E-state index in [1.54, 1.807) is 0 Å². The Hall–Kier alpha value is -1.06. The zero-order chi connectivity index (χ0) is 11.7. The highest BCUT2D eigenvalue weighted by atomic mass is 16.2. The van der Waals surface area contributed by atoms with Gasteiger partial charge in [-0.05, 0) is 25.7 Å². The van der Waals surface area contributed by atoms with Crippen LogP contribution in [0.15, 0.2) is 0 Å². The lowest BCUT2D eigenvalue weighted by Gasteiger charge is -2.37. The lowest BCUT2D eigenvalue weighted by atomic mass is 9.96. The molecule has 0 aromatic heterocycles. The average Bonchev–Trinajstić information content (AvgIpc) is 2.75. The van der Waals surface area contributed by atoms with Gasteiger partial charge in [-0.1, -0.05) is 19.8 Å². The maximum absolute atomic E-state index is 11.7. The number of imide groups is 1. The molecule has 3 amide bonds. The number of hydrogen-bond acceptors (Lipinski definition) is 2. The summed E-state index contributed by atoms with van der Waals surface area (Å²) in [6, 6.07) is 0.0561. The number of nitrogens with zero attached hydrogens (tertiary/aromatic N) is 1. The first-order valence-electron chi connectivity index (χ1n) is 6.21. The summed E-state index contributed by atoms with van der Waals surface area (Å²) in [6.07, 6.45) is 4.98. The highest BCUT2D eigenvalue weighted by Gasteiger charge is 2.35. The highest BCUT2D eigenvalue weighted by Crippen LogP contribution is 2.31. The lowest BCUT2D eigenvalue weighted by molar-refractivity contribution is -0.125. The van der Waals surface area contributed by atoms with Gasteiger partial charge in [0.2, 0.25) is 5.91 Å². The Morgan fingerprint density at radius 1 is 1.31 bits per heavy atom. The van der Waals surface area contributed by atoms with Crippen LogP contribution in [0.25, 0.3) is 0 Å². The Labute approximate surface area is 96.4 Å². The van der Waals surface area contributed by atoms with E-state index < -0.39 is 0 Å². The number of urea groups is 1. The molecular formula is C12H20N2O2. The van der Waals surface area contributed by atoms with Crippen molar-refractivity contribution in [3.63, 3.8) is 0 Å². The van der Waals surface area contributed by atoms with E-state index in [9.17, 15) is 9.59 Å². The molecule has 0 spiro atoms. The second-order valence-corrected chi connectivity index (χ2v) is 5.13. The Morgan fingerprint density at radius 2 is 1.94 bits per heavy atom. The second kappa shape index (κ2) is 4.44. The summed E-state index contributed by atoms with van der Waals surface area (Å²) in [5, 5.41) is 2.43. The first kappa shape index (κ1) is 11.4. The number of carbonyl (C=O) groups excluding carboxylic acids is 2. The number of amides is 3. The van der Waals surface area contributed by atoms with E-state index in [2.05, 4.69) is 12.2 Å². The summed E-state index contributed by atoms with van der Waals surface area (Å²) < 4.78 is 0. The predicted octanol–water partition coefficient (Wildman–Crippen LogP) is 1.75. The van der Waals surface area contributed by atoms with Crippen LogP contribution < -0.4 is 5.32 Å². The van der Waals surface area contributed by atoms with Gasteiger partial charge in [0.15, 0.2) is 0 Å². The fourth-order valence-corrected chi connectivity index (χ4v) is 2.81. The van der Waals surface area contributed by atoms with Crippen LogP contribution in [0.3, 0.4) is 0 Å². The average molecular weight is 224 g/mol. The van der Waals surface area contributed by atoms with Crippen molar-refractivity contribution in [2.24, 2.45) is 11.8 Å². The molecule has 2 aliphatic rings. The van der Waals surface area contributed by atoms with Crippen LogP contribution in [0.1, 0.15) is 39.5 Å². The summed E-state index contributed by atoms with van der Waals surface area (Å²) >= 11 is 0. The topological polar surface area (TPSA) is 49.4 Å². The van der Waals surface area contributed by atoms with Gasteiger partial charge in [0, 0.05) is 12.6 Å². The summed E-state index contributed by atoms with van der Waals surface area (Å²) in [4.78, 5) is 24.9. The molecule has 2 fully saturated rings. The van der Waals surface area contributed by atoms with Gasteiger partial charge in [0.1, 0.15) is 0 Å². The van der Waals surface area contributed by atoms with Crippen molar-refractivity contribution >= 4 is 11.9 Å². The number of carbonyl (C=O) groups is 2. The summed E-state index contributed by atoms with van der Waals surface area (Å²) in [7, 11) is 0. The Kier molecular flexibility index (Phi) is 3.17. The van der Waals surface area contributed by atoms with Crippen molar-refractivity contribution < 1.29 is 9.59 Å². The van der Waals surface area contributed by atoms with Gasteiger partial charge in [0.25, 0.3) is 0 Å². The van der Waals surface area contributed by atoms with Crippen LogP contribution in [0.4, 0.5) is 4.79 Å². The molecule has 16 heavy (non-hydrogen) atoms. The molecule has 1 saturated heterocycles. The van der Waals surface area contributed by atoms with Crippen LogP contribution in [0.5, 0.6) is 0 Å². The maximum atomic E-state index is 11.7. The molecule has 1 aliphatic carbocycles. The van der Waals surface area contributed by atoms with Crippen LogP contribution >= 0.6 is 0 Å². The SMILES string of the molecule is CC1CN(C(C)C2CCCC2)C(=O)NC1=O. The minimum absolute atomic E-state index is 0.0819. The standard InChI is InChI=1S/C12H20N2O2/c1-8-7-14(12(16)13-11(8)15)9(2)10-5-3-4-6-10/h8-10H,3-7H2,1-2H3,(H,13,15,16). The Balaban J connectivity index is 2.02. The Morgan fingerprint density at radius 3 is 2.56 bits per heavy atom. The minimum Gasteiger partial charge on any atom is -0.321 e. The highest BCUT2D eigenvalue weighted by molar-refractivity contribution is 5.97. The van der Waals surface area contributed by atoms with Crippen molar-refractivity contribution in [2.45, 2.75) is 45.6 Å². The van der Waals surface area contributed by atoms with E-state index in [1.165, 1.54) is 25.7 Å². The van der Waals surface area contributed by atoms with Crippen molar-refractivity contribution in [2.75, 3.05) is 6.54 Å². The van der Waals surface area contributed by atoms with Crippen LogP contribution in [-0.4, -0.2) is 29.4 Å². The van der Waals surface area contributed by atoms with Gasteiger partial charge in [-0.25, -0.2) is 4.79 Å². The van der Waals surface area contributed by atoms with E-state index in [-0.39, 0.29) is 23.9 Å². The van der Waals surface area contributed by atoms with E-state index >= 15 is 0 Å². The predicted molar refractivity (Wildman–Crippen MR) is 60.8 cm³/mol.